The minimum absolute atomic E-state index is 0. The second-order valence-electron chi connectivity index (χ2n) is 4.54. The summed E-state index contributed by atoms with van der Waals surface area (Å²) in [4.78, 5) is 24.4. The van der Waals surface area contributed by atoms with Gasteiger partial charge in [-0.3, -0.25) is 14.9 Å². The van der Waals surface area contributed by atoms with E-state index in [-0.39, 0.29) is 35.3 Å². The molecule has 0 bridgehead atoms. The molecule has 0 aromatic heterocycles. The number of anilines is 1. The Hall–Kier alpha value is -1.86. The van der Waals surface area contributed by atoms with Crippen molar-refractivity contribution in [2.45, 2.75) is 6.92 Å². The first kappa shape index (κ1) is 16.2. The average molecular weight is 301 g/mol. The smallest absolute Gasteiger partial charge is 0.293 e. The fourth-order valence-corrected chi connectivity index (χ4v) is 2.14. The van der Waals surface area contributed by atoms with E-state index in [0.717, 1.165) is 13.1 Å². The van der Waals surface area contributed by atoms with Gasteiger partial charge < -0.3 is 16.0 Å². The predicted molar refractivity (Wildman–Crippen MR) is 78.3 cm³/mol. The maximum atomic E-state index is 12.3. The predicted octanol–water partition coefficient (Wildman–Crippen LogP) is 0.953. The summed E-state index contributed by atoms with van der Waals surface area (Å²) in [6.45, 7) is 4.32. The molecule has 1 heterocycles. The van der Waals surface area contributed by atoms with Crippen molar-refractivity contribution in [1.29, 1.82) is 0 Å². The van der Waals surface area contributed by atoms with Crippen LogP contribution in [0.2, 0.25) is 0 Å². The highest BCUT2D eigenvalue weighted by Crippen LogP contribution is 2.28. The molecule has 0 spiro atoms. The van der Waals surface area contributed by atoms with Crippen molar-refractivity contribution >= 4 is 29.7 Å². The van der Waals surface area contributed by atoms with E-state index >= 15 is 0 Å². The van der Waals surface area contributed by atoms with Crippen molar-refractivity contribution in [2.24, 2.45) is 0 Å². The lowest BCUT2D eigenvalue weighted by molar-refractivity contribution is -0.384. The molecule has 1 fully saturated rings. The molecule has 0 atom stereocenters. The number of aryl methyl sites for hydroxylation is 1. The molecule has 3 N–H and O–H groups in total. The summed E-state index contributed by atoms with van der Waals surface area (Å²) in [5.74, 6) is -0.245. The Kier molecular flexibility index (Phi) is 5.29. The molecule has 1 amide bonds. The topological polar surface area (TPSA) is 102 Å². The number of benzene rings is 1. The van der Waals surface area contributed by atoms with Crippen molar-refractivity contribution in [2.75, 3.05) is 31.9 Å². The molecule has 1 aromatic carbocycles. The molecule has 0 radical (unpaired) electrons. The fourth-order valence-electron chi connectivity index (χ4n) is 2.14. The van der Waals surface area contributed by atoms with Crippen LogP contribution in [0.3, 0.4) is 0 Å². The molecule has 2 rings (SSSR count). The number of nitrogens with zero attached hydrogens (tertiary/aromatic N) is 2. The monoisotopic (exact) mass is 300 g/mol. The lowest BCUT2D eigenvalue weighted by atomic mass is 10.1. The minimum atomic E-state index is -0.559. The van der Waals surface area contributed by atoms with E-state index in [1.165, 1.54) is 6.07 Å². The van der Waals surface area contributed by atoms with E-state index in [2.05, 4.69) is 5.32 Å². The molecule has 1 aliphatic heterocycles. The second-order valence-corrected chi connectivity index (χ2v) is 4.54. The second kappa shape index (κ2) is 6.53. The van der Waals surface area contributed by atoms with Gasteiger partial charge in [-0.25, -0.2) is 0 Å². The van der Waals surface area contributed by atoms with Gasteiger partial charge >= 0.3 is 0 Å². The number of nitro benzene ring substituents is 1. The Morgan fingerprint density at radius 2 is 2.00 bits per heavy atom. The normalized spacial score (nSPS) is 14.6. The maximum absolute atomic E-state index is 12.3. The number of piperazine rings is 1. The van der Waals surface area contributed by atoms with E-state index in [0.29, 0.717) is 18.7 Å². The van der Waals surface area contributed by atoms with Crippen LogP contribution in [0, 0.1) is 17.0 Å². The van der Waals surface area contributed by atoms with E-state index < -0.39 is 4.92 Å². The summed E-state index contributed by atoms with van der Waals surface area (Å²) in [6, 6.07) is 2.98. The molecule has 110 valence electrons. The molecule has 1 saturated heterocycles. The number of carbonyl (C=O) groups excluding carboxylic acids is 1. The number of nitrogens with two attached hydrogens (primary N) is 1. The Morgan fingerprint density at radius 3 is 2.55 bits per heavy atom. The van der Waals surface area contributed by atoms with E-state index in [1.807, 2.05) is 0 Å². The van der Waals surface area contributed by atoms with Crippen LogP contribution in [0.25, 0.3) is 0 Å². The number of carbonyl (C=O) groups is 1. The van der Waals surface area contributed by atoms with Crippen LogP contribution in [0.4, 0.5) is 11.4 Å². The number of hydrogen-bond donors (Lipinski definition) is 2. The third-order valence-electron chi connectivity index (χ3n) is 3.13. The summed E-state index contributed by atoms with van der Waals surface area (Å²) in [6.07, 6.45) is 0. The molecule has 0 saturated carbocycles. The quantitative estimate of drug-likeness (QED) is 0.481. The molecular weight excluding hydrogens is 284 g/mol. The SMILES string of the molecule is Cc1cc(C(=O)N2CCNCC2)c(N)c([N+](=O)[O-])c1.Cl. The maximum Gasteiger partial charge on any atom is 0.293 e. The van der Waals surface area contributed by atoms with Gasteiger partial charge in [0.15, 0.2) is 0 Å². The molecule has 0 unspecified atom stereocenters. The molecular formula is C12H17ClN4O3. The summed E-state index contributed by atoms with van der Waals surface area (Å²) < 4.78 is 0. The van der Waals surface area contributed by atoms with Gasteiger partial charge in [0, 0.05) is 32.2 Å². The summed E-state index contributed by atoms with van der Waals surface area (Å²) in [5.41, 5.74) is 6.36. The van der Waals surface area contributed by atoms with Crippen LogP contribution in [-0.2, 0) is 0 Å². The number of hydrogen-bond acceptors (Lipinski definition) is 5. The van der Waals surface area contributed by atoms with Crippen LogP contribution < -0.4 is 11.1 Å². The lowest BCUT2D eigenvalue weighted by Crippen LogP contribution is -2.46. The zero-order valence-corrected chi connectivity index (χ0v) is 11.9. The number of nitro groups is 1. The van der Waals surface area contributed by atoms with Gasteiger partial charge in [-0.2, -0.15) is 0 Å². The molecule has 1 aromatic rings. The van der Waals surface area contributed by atoms with Gasteiger partial charge in [-0.15, -0.1) is 12.4 Å². The van der Waals surface area contributed by atoms with Gasteiger partial charge in [0.1, 0.15) is 5.69 Å². The third-order valence-corrected chi connectivity index (χ3v) is 3.13. The van der Waals surface area contributed by atoms with Crippen molar-refractivity contribution in [3.8, 4) is 0 Å². The average Bonchev–Trinajstić information content (AvgIpc) is 2.41. The molecule has 0 aliphatic carbocycles. The summed E-state index contributed by atoms with van der Waals surface area (Å²) >= 11 is 0. The Labute approximate surface area is 122 Å². The first-order valence-electron chi connectivity index (χ1n) is 6.05. The van der Waals surface area contributed by atoms with E-state index in [9.17, 15) is 14.9 Å². The lowest BCUT2D eigenvalue weighted by Gasteiger charge is -2.27. The summed E-state index contributed by atoms with van der Waals surface area (Å²) in [7, 11) is 0. The molecule has 7 nitrogen and oxygen atoms in total. The minimum Gasteiger partial charge on any atom is -0.393 e. The zero-order valence-electron chi connectivity index (χ0n) is 11.1. The summed E-state index contributed by atoms with van der Waals surface area (Å²) in [5, 5.41) is 14.1. The molecule has 1 aliphatic rings. The zero-order chi connectivity index (χ0) is 14.0. The van der Waals surface area contributed by atoms with Crippen LogP contribution in [0.1, 0.15) is 15.9 Å². The Morgan fingerprint density at radius 1 is 1.40 bits per heavy atom. The standard InChI is InChI=1S/C12H16N4O3.ClH/c1-8-6-9(11(13)10(7-8)16(18)19)12(17)15-4-2-14-3-5-15;/h6-7,14H,2-5,13H2,1H3;1H. The van der Waals surface area contributed by atoms with Crippen LogP contribution in [0.15, 0.2) is 12.1 Å². The first-order chi connectivity index (χ1) is 9.00. The number of nitrogens with one attached hydrogen (secondary N) is 1. The van der Waals surface area contributed by atoms with Crippen LogP contribution >= 0.6 is 12.4 Å². The largest absolute Gasteiger partial charge is 0.393 e. The number of amides is 1. The molecule has 8 heteroatoms. The Balaban J connectivity index is 0.00000200. The third kappa shape index (κ3) is 3.17. The fraction of sp³-hybridized carbons (Fsp3) is 0.417. The van der Waals surface area contributed by atoms with Gasteiger partial charge in [0.05, 0.1) is 10.5 Å². The Bertz CT molecular complexity index is 530. The van der Waals surface area contributed by atoms with Crippen molar-refractivity contribution < 1.29 is 9.72 Å². The highest BCUT2D eigenvalue weighted by atomic mass is 35.5. The highest BCUT2D eigenvalue weighted by molar-refractivity contribution is 6.01. The first-order valence-corrected chi connectivity index (χ1v) is 6.05. The van der Waals surface area contributed by atoms with Gasteiger partial charge in [-0.1, -0.05) is 0 Å². The van der Waals surface area contributed by atoms with Crippen molar-refractivity contribution in [3.63, 3.8) is 0 Å². The van der Waals surface area contributed by atoms with Crippen molar-refractivity contribution in [1.82, 2.24) is 10.2 Å². The van der Waals surface area contributed by atoms with Gasteiger partial charge in [0.25, 0.3) is 11.6 Å². The number of halogens is 1. The molecule has 20 heavy (non-hydrogen) atoms. The van der Waals surface area contributed by atoms with E-state index in [1.54, 1.807) is 17.9 Å². The van der Waals surface area contributed by atoms with Gasteiger partial charge in [-0.05, 0) is 18.6 Å². The number of rotatable bonds is 2. The van der Waals surface area contributed by atoms with Crippen molar-refractivity contribution in [3.05, 3.63) is 33.4 Å². The van der Waals surface area contributed by atoms with Crippen LogP contribution in [-0.4, -0.2) is 41.9 Å². The van der Waals surface area contributed by atoms with Crippen LogP contribution in [0.5, 0.6) is 0 Å². The number of nitrogen functional groups attached to an aromatic ring is 1. The van der Waals surface area contributed by atoms with E-state index in [4.69, 9.17) is 5.73 Å². The highest BCUT2D eigenvalue weighted by Gasteiger charge is 2.24. The van der Waals surface area contributed by atoms with Gasteiger partial charge in [0.2, 0.25) is 0 Å².